The minimum atomic E-state index is 0.103. The molecule has 1 saturated heterocycles. The van der Waals surface area contributed by atoms with Crippen LogP contribution in [0.3, 0.4) is 0 Å². The Hall–Kier alpha value is -2.79. The van der Waals surface area contributed by atoms with Crippen LogP contribution in [0.2, 0.25) is 5.15 Å². The van der Waals surface area contributed by atoms with Crippen LogP contribution in [-0.4, -0.2) is 28.9 Å². The molecule has 2 aromatic carbocycles. The predicted molar refractivity (Wildman–Crippen MR) is 110 cm³/mol. The molecule has 0 atom stereocenters. The molecule has 0 radical (unpaired) electrons. The second-order valence-corrected chi connectivity index (χ2v) is 7.12. The van der Waals surface area contributed by atoms with Crippen LogP contribution >= 0.6 is 11.6 Å². The molecule has 3 N–H and O–H groups in total. The minimum absolute atomic E-state index is 0.103. The maximum Gasteiger partial charge on any atom is 0.253 e. The molecule has 0 spiro atoms. The van der Waals surface area contributed by atoms with Crippen molar-refractivity contribution in [3.63, 3.8) is 0 Å². The van der Waals surface area contributed by atoms with Crippen LogP contribution in [0.15, 0.2) is 48.5 Å². The summed E-state index contributed by atoms with van der Waals surface area (Å²) in [6.07, 6.45) is 2.17. The fourth-order valence-corrected chi connectivity index (χ4v) is 3.68. The molecule has 4 rings (SSSR count). The van der Waals surface area contributed by atoms with Gasteiger partial charge in [0, 0.05) is 30.6 Å². The number of rotatable bonds is 4. The summed E-state index contributed by atoms with van der Waals surface area (Å²) in [6.45, 7) is 2.23. The lowest BCUT2D eigenvalue weighted by atomic mass is 10.1. The lowest BCUT2D eigenvalue weighted by Gasteiger charge is -2.16. The zero-order valence-corrected chi connectivity index (χ0v) is 15.7. The van der Waals surface area contributed by atoms with Crippen molar-refractivity contribution in [3.05, 3.63) is 64.8 Å². The average Bonchev–Trinajstić information content (AvgIpc) is 3.23. The van der Waals surface area contributed by atoms with Crippen molar-refractivity contribution in [1.29, 1.82) is 0 Å². The van der Waals surface area contributed by atoms with Gasteiger partial charge in [0.15, 0.2) is 5.15 Å². The SMILES string of the molecule is Nc1c(Cl)nc2ccccc2c1NCc1cccc(C(=O)N2CCCC2)c1. The zero-order valence-electron chi connectivity index (χ0n) is 14.9. The number of para-hydroxylation sites is 1. The Kier molecular flexibility index (Phi) is 4.86. The van der Waals surface area contributed by atoms with Gasteiger partial charge in [-0.05, 0) is 36.6 Å². The molecule has 1 amide bonds. The fraction of sp³-hybridized carbons (Fsp3) is 0.238. The molecule has 1 aromatic heterocycles. The molecule has 2 heterocycles. The minimum Gasteiger partial charge on any atom is -0.395 e. The van der Waals surface area contributed by atoms with Gasteiger partial charge in [-0.1, -0.05) is 41.9 Å². The van der Waals surface area contributed by atoms with E-state index in [0.717, 1.165) is 53.6 Å². The average molecular weight is 381 g/mol. The van der Waals surface area contributed by atoms with E-state index in [1.165, 1.54) is 0 Å². The van der Waals surface area contributed by atoms with E-state index in [1.54, 1.807) is 0 Å². The summed E-state index contributed by atoms with van der Waals surface area (Å²) in [5.41, 5.74) is 9.88. The quantitative estimate of drug-likeness (QED) is 0.661. The van der Waals surface area contributed by atoms with Gasteiger partial charge in [-0.2, -0.15) is 0 Å². The third kappa shape index (κ3) is 3.55. The Labute approximate surface area is 163 Å². The third-order valence-corrected chi connectivity index (χ3v) is 5.21. The zero-order chi connectivity index (χ0) is 18.8. The summed E-state index contributed by atoms with van der Waals surface area (Å²) in [5, 5.41) is 4.58. The molecular formula is C21H21ClN4O. The summed E-state index contributed by atoms with van der Waals surface area (Å²) < 4.78 is 0. The van der Waals surface area contributed by atoms with E-state index in [9.17, 15) is 4.79 Å². The number of aromatic nitrogens is 1. The first-order chi connectivity index (χ1) is 13.1. The van der Waals surface area contributed by atoms with Crippen LogP contribution in [0.25, 0.3) is 10.9 Å². The number of nitrogens with one attached hydrogen (secondary N) is 1. The number of amides is 1. The number of fused-ring (bicyclic) bond motifs is 1. The maximum absolute atomic E-state index is 12.6. The molecule has 27 heavy (non-hydrogen) atoms. The normalized spacial score (nSPS) is 13.9. The summed E-state index contributed by atoms with van der Waals surface area (Å²) in [4.78, 5) is 18.8. The largest absolute Gasteiger partial charge is 0.395 e. The van der Waals surface area contributed by atoms with Gasteiger partial charge in [0.2, 0.25) is 0 Å². The lowest BCUT2D eigenvalue weighted by Crippen LogP contribution is -2.27. The van der Waals surface area contributed by atoms with Gasteiger partial charge in [0.05, 0.1) is 16.9 Å². The van der Waals surface area contributed by atoms with E-state index in [1.807, 2.05) is 53.4 Å². The topological polar surface area (TPSA) is 71.2 Å². The highest BCUT2D eigenvalue weighted by atomic mass is 35.5. The molecule has 138 valence electrons. The standard InChI is InChI=1S/C21H21ClN4O/c22-20-18(23)19(16-8-1-2-9-17(16)25-20)24-13-14-6-5-7-15(12-14)21(27)26-10-3-4-11-26/h1-2,5-9,12H,3-4,10-11,13,23H2,(H,24,25). The number of pyridine rings is 1. The number of hydrogen-bond acceptors (Lipinski definition) is 4. The van der Waals surface area contributed by atoms with Gasteiger partial charge in [-0.25, -0.2) is 4.98 Å². The van der Waals surface area contributed by atoms with E-state index in [-0.39, 0.29) is 11.1 Å². The van der Waals surface area contributed by atoms with Crippen LogP contribution in [0.4, 0.5) is 11.4 Å². The molecule has 1 fully saturated rings. The lowest BCUT2D eigenvalue weighted by molar-refractivity contribution is 0.0792. The molecule has 1 aliphatic heterocycles. The van der Waals surface area contributed by atoms with Crippen molar-refractivity contribution in [2.24, 2.45) is 0 Å². The number of nitrogen functional groups attached to an aromatic ring is 1. The van der Waals surface area contributed by atoms with Gasteiger partial charge in [0.1, 0.15) is 0 Å². The van der Waals surface area contributed by atoms with Crippen molar-refractivity contribution in [1.82, 2.24) is 9.88 Å². The van der Waals surface area contributed by atoms with Crippen molar-refractivity contribution in [2.45, 2.75) is 19.4 Å². The maximum atomic E-state index is 12.6. The van der Waals surface area contributed by atoms with Gasteiger partial charge < -0.3 is 16.0 Å². The summed E-state index contributed by atoms with van der Waals surface area (Å²) >= 11 is 6.19. The first kappa shape index (κ1) is 17.6. The Morgan fingerprint density at radius 3 is 2.74 bits per heavy atom. The second kappa shape index (κ2) is 7.45. The third-order valence-electron chi connectivity index (χ3n) is 4.92. The van der Waals surface area contributed by atoms with Crippen LogP contribution in [0.1, 0.15) is 28.8 Å². The molecule has 5 nitrogen and oxygen atoms in total. The van der Waals surface area contributed by atoms with Crippen LogP contribution in [-0.2, 0) is 6.54 Å². The molecule has 1 aliphatic rings. The highest BCUT2D eigenvalue weighted by molar-refractivity contribution is 6.33. The van der Waals surface area contributed by atoms with E-state index in [0.29, 0.717) is 12.2 Å². The van der Waals surface area contributed by atoms with Crippen LogP contribution < -0.4 is 11.1 Å². The number of likely N-dealkylation sites (tertiary alicyclic amines) is 1. The molecule has 0 saturated carbocycles. The Morgan fingerprint density at radius 1 is 1.15 bits per heavy atom. The van der Waals surface area contributed by atoms with E-state index in [2.05, 4.69) is 10.3 Å². The van der Waals surface area contributed by atoms with Crippen molar-refractivity contribution < 1.29 is 4.79 Å². The first-order valence-electron chi connectivity index (χ1n) is 9.09. The molecule has 6 heteroatoms. The number of carbonyl (C=O) groups excluding carboxylic acids is 1. The van der Waals surface area contributed by atoms with Gasteiger partial charge in [-0.3, -0.25) is 4.79 Å². The predicted octanol–water partition coefficient (Wildman–Crippen LogP) is 4.32. The smallest absolute Gasteiger partial charge is 0.253 e. The van der Waals surface area contributed by atoms with Crippen molar-refractivity contribution >= 4 is 39.8 Å². The van der Waals surface area contributed by atoms with Crippen LogP contribution in [0.5, 0.6) is 0 Å². The van der Waals surface area contributed by atoms with Crippen molar-refractivity contribution in [3.8, 4) is 0 Å². The fourth-order valence-electron chi connectivity index (χ4n) is 3.49. The Morgan fingerprint density at radius 2 is 1.93 bits per heavy atom. The van der Waals surface area contributed by atoms with E-state index < -0.39 is 0 Å². The van der Waals surface area contributed by atoms with Gasteiger partial charge >= 0.3 is 0 Å². The second-order valence-electron chi connectivity index (χ2n) is 6.76. The van der Waals surface area contributed by atoms with Crippen LogP contribution in [0, 0.1) is 0 Å². The number of anilines is 2. The monoisotopic (exact) mass is 380 g/mol. The number of nitrogens with two attached hydrogens (primary N) is 1. The highest BCUT2D eigenvalue weighted by Gasteiger charge is 2.19. The van der Waals surface area contributed by atoms with Gasteiger partial charge in [0.25, 0.3) is 5.91 Å². The molecule has 3 aromatic rings. The summed E-state index contributed by atoms with van der Waals surface area (Å²) in [5.74, 6) is 0.103. The first-order valence-corrected chi connectivity index (χ1v) is 9.47. The molecule has 0 aliphatic carbocycles. The number of hydrogen-bond donors (Lipinski definition) is 2. The highest BCUT2D eigenvalue weighted by Crippen LogP contribution is 2.33. The number of carbonyl (C=O) groups is 1. The summed E-state index contributed by atoms with van der Waals surface area (Å²) in [7, 11) is 0. The summed E-state index contributed by atoms with van der Waals surface area (Å²) in [6, 6.07) is 15.4. The molecule has 0 bridgehead atoms. The van der Waals surface area contributed by atoms with E-state index in [4.69, 9.17) is 17.3 Å². The molecular weight excluding hydrogens is 360 g/mol. The van der Waals surface area contributed by atoms with E-state index >= 15 is 0 Å². The number of halogens is 1. The molecule has 0 unspecified atom stereocenters. The van der Waals surface area contributed by atoms with Gasteiger partial charge in [-0.15, -0.1) is 0 Å². The Balaban J connectivity index is 1.58. The number of nitrogens with zero attached hydrogens (tertiary/aromatic N) is 2. The van der Waals surface area contributed by atoms with Crippen molar-refractivity contribution in [2.75, 3.05) is 24.1 Å². The Bertz CT molecular complexity index is 999. The number of benzene rings is 2.